The average molecular weight is 334 g/mol. The Morgan fingerprint density at radius 2 is 2.08 bits per heavy atom. The molecule has 1 saturated carbocycles. The summed E-state index contributed by atoms with van der Waals surface area (Å²) >= 11 is 0. The lowest BCUT2D eigenvalue weighted by Gasteiger charge is -2.51. The second-order valence-electron chi connectivity index (χ2n) is 7.44. The lowest BCUT2D eigenvalue weighted by atomic mass is 9.64. The van der Waals surface area contributed by atoms with Crippen LogP contribution in [0.15, 0.2) is 12.3 Å². The number of nitrogens with zero attached hydrogens (tertiary/aromatic N) is 2. The summed E-state index contributed by atoms with van der Waals surface area (Å²) in [6.07, 6.45) is 10.7. The predicted molar refractivity (Wildman–Crippen MR) is 94.3 cm³/mol. The van der Waals surface area contributed by atoms with Crippen molar-refractivity contribution in [3.63, 3.8) is 0 Å². The maximum atomic E-state index is 11.9. The van der Waals surface area contributed by atoms with Crippen LogP contribution < -0.4 is 5.32 Å². The third-order valence-corrected chi connectivity index (χ3v) is 5.87. The minimum absolute atomic E-state index is 0.136. The van der Waals surface area contributed by atoms with Crippen LogP contribution in [0.2, 0.25) is 0 Å². The SMILES string of the molecule is CCOC(=O)N1CCC2(CC(N3CCC(N/C=C\C=N)CC3)C2)C1. The third kappa shape index (κ3) is 3.74. The number of hydrogen-bond donors (Lipinski definition) is 2. The highest BCUT2D eigenvalue weighted by molar-refractivity contribution is 5.68. The van der Waals surface area contributed by atoms with Crippen LogP contribution in [-0.2, 0) is 4.74 Å². The van der Waals surface area contributed by atoms with Crippen LogP contribution >= 0.6 is 0 Å². The van der Waals surface area contributed by atoms with Gasteiger partial charge in [-0.25, -0.2) is 4.79 Å². The Labute approximate surface area is 144 Å². The van der Waals surface area contributed by atoms with Crippen molar-refractivity contribution >= 4 is 12.3 Å². The van der Waals surface area contributed by atoms with Gasteiger partial charge in [0.15, 0.2) is 0 Å². The van der Waals surface area contributed by atoms with E-state index in [2.05, 4.69) is 10.2 Å². The van der Waals surface area contributed by atoms with E-state index in [1.165, 1.54) is 31.9 Å². The van der Waals surface area contributed by atoms with Gasteiger partial charge in [-0.05, 0) is 56.7 Å². The molecule has 0 aromatic carbocycles. The van der Waals surface area contributed by atoms with Crippen LogP contribution in [0.3, 0.4) is 0 Å². The molecule has 0 atom stereocenters. The molecule has 0 bridgehead atoms. The van der Waals surface area contributed by atoms with Gasteiger partial charge in [0.25, 0.3) is 0 Å². The summed E-state index contributed by atoms with van der Waals surface area (Å²) in [7, 11) is 0. The summed E-state index contributed by atoms with van der Waals surface area (Å²) in [5.74, 6) is 0. The summed E-state index contributed by atoms with van der Waals surface area (Å²) < 4.78 is 5.13. The number of hydrogen-bond acceptors (Lipinski definition) is 5. The Hall–Kier alpha value is -1.56. The summed E-state index contributed by atoms with van der Waals surface area (Å²) in [6, 6.07) is 1.24. The lowest BCUT2D eigenvalue weighted by Crippen LogP contribution is -2.55. The standard InChI is InChI=1S/C18H30N4O2/c1-2-24-17(23)22-11-6-18(14-22)12-16(13-18)21-9-4-15(5-10-21)20-8-3-7-19/h3,7-8,15-16,19-20H,2,4-6,9-14H2,1H3/b8-3-,19-7?. The molecule has 0 unspecified atom stereocenters. The average Bonchev–Trinajstić information content (AvgIpc) is 3.01. The summed E-state index contributed by atoms with van der Waals surface area (Å²) in [5, 5.41) is 10.4. The van der Waals surface area contributed by atoms with Crippen molar-refractivity contribution in [3.8, 4) is 0 Å². The van der Waals surface area contributed by atoms with E-state index in [0.717, 1.165) is 32.6 Å². The molecule has 2 aliphatic heterocycles. The largest absolute Gasteiger partial charge is 0.450 e. The number of amides is 1. The van der Waals surface area contributed by atoms with Crippen LogP contribution in [0.25, 0.3) is 0 Å². The van der Waals surface area contributed by atoms with Gasteiger partial charge in [-0.2, -0.15) is 0 Å². The molecule has 3 fully saturated rings. The number of likely N-dealkylation sites (tertiary alicyclic amines) is 2. The fourth-order valence-electron chi connectivity index (χ4n) is 4.51. The number of rotatable bonds is 5. The van der Waals surface area contributed by atoms with Crippen LogP contribution in [0.1, 0.15) is 39.0 Å². The van der Waals surface area contributed by atoms with Crippen molar-refractivity contribution in [3.05, 3.63) is 12.3 Å². The number of piperidine rings is 1. The lowest BCUT2D eigenvalue weighted by molar-refractivity contribution is -0.00547. The molecule has 2 N–H and O–H groups in total. The van der Waals surface area contributed by atoms with Crippen LogP contribution in [0.5, 0.6) is 0 Å². The highest BCUT2D eigenvalue weighted by Gasteiger charge is 2.51. The predicted octanol–water partition coefficient (Wildman–Crippen LogP) is 2.21. The first kappa shape index (κ1) is 17.3. The van der Waals surface area contributed by atoms with E-state index in [0.29, 0.717) is 24.1 Å². The van der Waals surface area contributed by atoms with Crippen LogP contribution in [0, 0.1) is 10.8 Å². The molecule has 6 heteroatoms. The molecule has 3 aliphatic rings. The zero-order valence-electron chi connectivity index (χ0n) is 14.7. The minimum atomic E-state index is -0.136. The first-order valence-electron chi connectivity index (χ1n) is 9.23. The Morgan fingerprint density at radius 1 is 1.33 bits per heavy atom. The van der Waals surface area contributed by atoms with Crippen molar-refractivity contribution in [1.82, 2.24) is 15.1 Å². The Balaban J connectivity index is 1.39. The highest BCUT2D eigenvalue weighted by atomic mass is 16.6. The molecule has 0 aromatic heterocycles. The van der Waals surface area contributed by atoms with Crippen LogP contribution in [0.4, 0.5) is 4.79 Å². The maximum absolute atomic E-state index is 11.9. The summed E-state index contributed by atoms with van der Waals surface area (Å²) in [5.41, 5.74) is 0.360. The number of nitrogens with one attached hydrogen (secondary N) is 2. The molecule has 134 valence electrons. The molecule has 6 nitrogen and oxygen atoms in total. The maximum Gasteiger partial charge on any atom is 0.409 e. The second-order valence-corrected chi connectivity index (χ2v) is 7.44. The van der Waals surface area contributed by atoms with Crippen molar-refractivity contribution < 1.29 is 9.53 Å². The third-order valence-electron chi connectivity index (χ3n) is 5.87. The zero-order chi connectivity index (χ0) is 17.0. The van der Waals surface area contributed by atoms with Crippen molar-refractivity contribution in [1.29, 1.82) is 5.41 Å². The van der Waals surface area contributed by atoms with E-state index in [4.69, 9.17) is 10.1 Å². The molecular weight excluding hydrogens is 304 g/mol. The molecule has 0 aromatic rings. The molecule has 3 rings (SSSR count). The van der Waals surface area contributed by atoms with Gasteiger partial charge in [0.2, 0.25) is 0 Å². The molecular formula is C18H30N4O2. The highest BCUT2D eigenvalue weighted by Crippen LogP contribution is 2.50. The van der Waals surface area contributed by atoms with E-state index in [1.54, 1.807) is 6.08 Å². The minimum Gasteiger partial charge on any atom is -0.450 e. The normalized spacial score (nSPS) is 31.4. The molecule has 0 radical (unpaired) electrons. The van der Waals surface area contributed by atoms with E-state index in [-0.39, 0.29) is 6.09 Å². The van der Waals surface area contributed by atoms with Crippen molar-refractivity contribution in [2.45, 2.75) is 51.1 Å². The topological polar surface area (TPSA) is 68.7 Å². The molecule has 2 saturated heterocycles. The van der Waals surface area contributed by atoms with Gasteiger partial charge in [0.1, 0.15) is 0 Å². The van der Waals surface area contributed by atoms with Crippen molar-refractivity contribution in [2.24, 2.45) is 5.41 Å². The number of carbonyl (C=O) groups excluding carboxylic acids is 1. The Morgan fingerprint density at radius 3 is 2.75 bits per heavy atom. The number of allylic oxidation sites excluding steroid dienone is 1. The van der Waals surface area contributed by atoms with Crippen molar-refractivity contribution in [2.75, 3.05) is 32.8 Å². The van der Waals surface area contributed by atoms with E-state index in [1.807, 2.05) is 18.0 Å². The molecule has 2 heterocycles. The van der Waals surface area contributed by atoms with Gasteiger partial charge in [-0.1, -0.05) is 0 Å². The smallest absolute Gasteiger partial charge is 0.409 e. The molecule has 24 heavy (non-hydrogen) atoms. The summed E-state index contributed by atoms with van der Waals surface area (Å²) in [4.78, 5) is 16.4. The zero-order valence-corrected chi connectivity index (χ0v) is 14.7. The number of carbonyl (C=O) groups is 1. The van der Waals surface area contributed by atoms with Gasteiger partial charge in [0.05, 0.1) is 6.61 Å². The Bertz CT molecular complexity index is 479. The van der Waals surface area contributed by atoms with Crippen LogP contribution in [-0.4, -0.2) is 67.0 Å². The first-order valence-corrected chi connectivity index (χ1v) is 9.23. The van der Waals surface area contributed by atoms with E-state index in [9.17, 15) is 4.79 Å². The first-order chi connectivity index (χ1) is 11.7. The van der Waals surface area contributed by atoms with Gasteiger partial charge in [0, 0.05) is 44.5 Å². The molecule has 1 aliphatic carbocycles. The fraction of sp³-hybridized carbons (Fsp3) is 0.778. The van der Waals surface area contributed by atoms with Gasteiger partial charge < -0.3 is 25.3 Å². The van der Waals surface area contributed by atoms with E-state index < -0.39 is 0 Å². The summed E-state index contributed by atoms with van der Waals surface area (Å²) in [6.45, 7) is 6.37. The molecule has 1 amide bonds. The molecule has 1 spiro atoms. The van der Waals surface area contributed by atoms with Gasteiger partial charge in [-0.15, -0.1) is 0 Å². The number of ether oxygens (including phenoxy) is 1. The van der Waals surface area contributed by atoms with Gasteiger partial charge in [-0.3, -0.25) is 0 Å². The fourth-order valence-corrected chi connectivity index (χ4v) is 4.51. The Kier molecular flexibility index (Phi) is 5.43. The quantitative estimate of drug-likeness (QED) is 0.757. The van der Waals surface area contributed by atoms with E-state index >= 15 is 0 Å². The second kappa shape index (κ2) is 7.55. The monoisotopic (exact) mass is 334 g/mol. The van der Waals surface area contributed by atoms with Gasteiger partial charge >= 0.3 is 6.09 Å².